The van der Waals surface area contributed by atoms with E-state index in [1.807, 2.05) is 48.6 Å². The Morgan fingerprint density at radius 1 is 0.750 bits per heavy atom. The van der Waals surface area contributed by atoms with Crippen LogP contribution in [0, 0.1) is 0 Å². The Kier molecular flexibility index (Phi) is 9.39. The average Bonchev–Trinajstić information content (AvgIpc) is 2.80. The van der Waals surface area contributed by atoms with Gasteiger partial charge in [0.15, 0.2) is 0 Å². The molecule has 2 heterocycles. The summed E-state index contributed by atoms with van der Waals surface area (Å²) in [7, 11) is 0. The van der Waals surface area contributed by atoms with Gasteiger partial charge in [0, 0.05) is 0 Å². The van der Waals surface area contributed by atoms with Crippen LogP contribution < -0.4 is 0 Å². The van der Waals surface area contributed by atoms with Crippen LogP contribution >= 0.6 is 0 Å². The molecule has 5 unspecified atom stereocenters. The SMILES string of the molecule is OCC1O[C@H](C/C=C/c2cccc(/C=C/CC3CCC(O)[C@@H](CO)O3)c2)C(O)C(O)[C@@H]1O. The molecule has 2 fully saturated rings. The van der Waals surface area contributed by atoms with Crippen LogP contribution in [0.25, 0.3) is 12.2 Å². The third-order valence-corrected chi connectivity index (χ3v) is 6.05. The minimum Gasteiger partial charge on any atom is -0.394 e. The number of rotatable bonds is 8. The Morgan fingerprint density at radius 2 is 1.38 bits per heavy atom. The van der Waals surface area contributed by atoms with Crippen LogP contribution in [0.5, 0.6) is 0 Å². The fourth-order valence-electron chi connectivity index (χ4n) is 4.12. The highest BCUT2D eigenvalue weighted by molar-refractivity contribution is 5.57. The third kappa shape index (κ3) is 6.46. The van der Waals surface area contributed by atoms with Gasteiger partial charge in [-0.15, -0.1) is 0 Å². The third-order valence-electron chi connectivity index (χ3n) is 6.05. The van der Waals surface area contributed by atoms with Crippen molar-refractivity contribution in [1.82, 2.24) is 0 Å². The summed E-state index contributed by atoms with van der Waals surface area (Å²) in [5, 5.41) is 58.2. The maximum absolute atomic E-state index is 10.1. The van der Waals surface area contributed by atoms with Gasteiger partial charge in [0.05, 0.1) is 31.5 Å². The van der Waals surface area contributed by atoms with Gasteiger partial charge in [0.25, 0.3) is 0 Å². The number of ether oxygens (including phenoxy) is 2. The second-order valence-electron chi connectivity index (χ2n) is 8.44. The molecule has 0 aliphatic carbocycles. The number of aliphatic hydroxyl groups is 6. The van der Waals surface area contributed by atoms with Crippen LogP contribution in [0.4, 0.5) is 0 Å². The van der Waals surface area contributed by atoms with E-state index in [0.29, 0.717) is 19.3 Å². The van der Waals surface area contributed by atoms with Gasteiger partial charge in [-0.2, -0.15) is 0 Å². The largest absolute Gasteiger partial charge is 0.394 e. The fourth-order valence-corrected chi connectivity index (χ4v) is 4.12. The van der Waals surface area contributed by atoms with Gasteiger partial charge in [-0.1, -0.05) is 42.5 Å². The monoisotopic (exact) mass is 450 g/mol. The zero-order chi connectivity index (χ0) is 23.1. The van der Waals surface area contributed by atoms with Crippen molar-refractivity contribution in [3.63, 3.8) is 0 Å². The van der Waals surface area contributed by atoms with E-state index in [9.17, 15) is 30.6 Å². The molecule has 8 heteroatoms. The first-order valence-electron chi connectivity index (χ1n) is 11.1. The molecule has 6 N–H and O–H groups in total. The van der Waals surface area contributed by atoms with Crippen molar-refractivity contribution in [1.29, 1.82) is 0 Å². The molecule has 1 aromatic rings. The first kappa shape index (κ1) is 25.0. The van der Waals surface area contributed by atoms with Gasteiger partial charge in [-0.3, -0.25) is 0 Å². The summed E-state index contributed by atoms with van der Waals surface area (Å²) < 4.78 is 11.2. The second-order valence-corrected chi connectivity index (χ2v) is 8.44. The predicted molar refractivity (Wildman–Crippen MR) is 118 cm³/mol. The minimum absolute atomic E-state index is 0.0200. The van der Waals surface area contributed by atoms with Crippen molar-refractivity contribution < 1.29 is 40.1 Å². The molecule has 0 radical (unpaired) electrons. The normalized spacial score (nSPS) is 36.2. The number of hydrogen-bond acceptors (Lipinski definition) is 8. The van der Waals surface area contributed by atoms with Crippen molar-refractivity contribution in [3.8, 4) is 0 Å². The van der Waals surface area contributed by atoms with Crippen LogP contribution in [-0.2, 0) is 9.47 Å². The molecule has 2 aliphatic heterocycles. The second kappa shape index (κ2) is 12.0. The molecule has 0 aromatic heterocycles. The number of aliphatic hydroxyl groups excluding tert-OH is 6. The smallest absolute Gasteiger partial charge is 0.111 e. The topological polar surface area (TPSA) is 140 Å². The van der Waals surface area contributed by atoms with E-state index in [0.717, 1.165) is 17.5 Å². The molecule has 32 heavy (non-hydrogen) atoms. The number of benzene rings is 1. The van der Waals surface area contributed by atoms with Gasteiger partial charge in [-0.25, -0.2) is 0 Å². The van der Waals surface area contributed by atoms with Crippen molar-refractivity contribution in [3.05, 3.63) is 47.5 Å². The van der Waals surface area contributed by atoms with Gasteiger partial charge < -0.3 is 40.1 Å². The van der Waals surface area contributed by atoms with Crippen LogP contribution in [0.15, 0.2) is 36.4 Å². The number of hydrogen-bond donors (Lipinski definition) is 6. The molecule has 178 valence electrons. The molecular weight excluding hydrogens is 416 g/mol. The summed E-state index contributed by atoms with van der Waals surface area (Å²) >= 11 is 0. The van der Waals surface area contributed by atoms with Gasteiger partial charge >= 0.3 is 0 Å². The summed E-state index contributed by atoms with van der Waals surface area (Å²) in [5.41, 5.74) is 1.96. The van der Waals surface area contributed by atoms with Crippen molar-refractivity contribution in [2.75, 3.05) is 13.2 Å². The summed E-state index contributed by atoms with van der Waals surface area (Å²) in [6, 6.07) is 7.86. The molecule has 0 spiro atoms. The summed E-state index contributed by atoms with van der Waals surface area (Å²) in [6.45, 7) is -0.619. The lowest BCUT2D eigenvalue weighted by atomic mass is 9.93. The molecule has 8 nitrogen and oxygen atoms in total. The quantitative estimate of drug-likeness (QED) is 0.331. The summed E-state index contributed by atoms with van der Waals surface area (Å²) in [5.74, 6) is 0. The van der Waals surface area contributed by atoms with Crippen molar-refractivity contribution in [2.45, 2.75) is 74.5 Å². The lowest BCUT2D eigenvalue weighted by Crippen LogP contribution is -2.58. The summed E-state index contributed by atoms with van der Waals surface area (Å²) in [6.07, 6.45) is 3.41. The molecule has 2 aliphatic rings. The molecule has 8 atom stereocenters. The van der Waals surface area contributed by atoms with E-state index >= 15 is 0 Å². The van der Waals surface area contributed by atoms with Gasteiger partial charge in [0.1, 0.15) is 30.5 Å². The highest BCUT2D eigenvalue weighted by Crippen LogP contribution is 2.24. The van der Waals surface area contributed by atoms with E-state index in [1.165, 1.54) is 0 Å². The summed E-state index contributed by atoms with van der Waals surface area (Å²) in [4.78, 5) is 0. The molecule has 0 amide bonds. The average molecular weight is 451 g/mol. The van der Waals surface area contributed by atoms with Crippen molar-refractivity contribution in [2.24, 2.45) is 0 Å². The molecule has 3 rings (SSSR count). The first-order valence-corrected chi connectivity index (χ1v) is 11.1. The lowest BCUT2D eigenvalue weighted by Gasteiger charge is -2.39. The molecule has 1 aromatic carbocycles. The van der Waals surface area contributed by atoms with Crippen LogP contribution in [-0.4, -0.2) is 92.7 Å². The highest BCUT2D eigenvalue weighted by atomic mass is 16.5. The van der Waals surface area contributed by atoms with E-state index in [4.69, 9.17) is 9.47 Å². The highest BCUT2D eigenvalue weighted by Gasteiger charge is 2.42. The van der Waals surface area contributed by atoms with Crippen molar-refractivity contribution >= 4 is 12.2 Å². The molecular formula is C24H34O8. The maximum Gasteiger partial charge on any atom is 0.111 e. The van der Waals surface area contributed by atoms with Gasteiger partial charge in [-0.05, 0) is 42.9 Å². The Morgan fingerprint density at radius 3 is 2.03 bits per heavy atom. The Labute approximate surface area is 188 Å². The molecule has 0 saturated carbocycles. The predicted octanol–water partition coefficient (Wildman–Crippen LogP) is 0.236. The van der Waals surface area contributed by atoms with Crippen LogP contribution in [0.2, 0.25) is 0 Å². The Balaban J connectivity index is 1.52. The fraction of sp³-hybridized carbons (Fsp3) is 0.583. The Hall–Kier alpha value is -1.62. The van der Waals surface area contributed by atoms with E-state index in [1.54, 1.807) is 0 Å². The van der Waals surface area contributed by atoms with E-state index in [2.05, 4.69) is 0 Å². The van der Waals surface area contributed by atoms with Crippen LogP contribution in [0.1, 0.15) is 36.8 Å². The zero-order valence-electron chi connectivity index (χ0n) is 18.0. The first-order chi connectivity index (χ1) is 15.4. The van der Waals surface area contributed by atoms with E-state index < -0.39 is 49.3 Å². The maximum atomic E-state index is 10.1. The van der Waals surface area contributed by atoms with E-state index in [-0.39, 0.29) is 12.7 Å². The van der Waals surface area contributed by atoms with Crippen LogP contribution in [0.3, 0.4) is 0 Å². The zero-order valence-corrected chi connectivity index (χ0v) is 18.0. The molecule has 0 bridgehead atoms. The Bertz CT molecular complexity index is 764. The molecule has 2 saturated heterocycles. The van der Waals surface area contributed by atoms with Gasteiger partial charge in [0.2, 0.25) is 0 Å². The lowest BCUT2D eigenvalue weighted by molar-refractivity contribution is -0.227. The minimum atomic E-state index is -1.36. The standard InChI is InChI=1S/C24H34O8/c25-13-20-18(27)11-10-17(31-20)8-2-6-15-4-1-5-16(12-15)7-3-9-19-22(28)24(30)23(29)21(14-26)32-19/h1-7,12,17-30H,8-11,13-14H2/b6-2+,7-3+/t17?,18?,19-,20-,21?,22?,23-,24?/m1/s1.